The second kappa shape index (κ2) is 4.50. The molecule has 2 unspecified atom stereocenters. The summed E-state index contributed by atoms with van der Waals surface area (Å²) in [7, 11) is 0. The van der Waals surface area contributed by atoms with E-state index in [4.69, 9.17) is 0 Å². The van der Waals surface area contributed by atoms with Gasteiger partial charge in [0.15, 0.2) is 0 Å². The Morgan fingerprint density at radius 3 is 1.68 bits per heavy atom. The molecule has 0 nitrogen and oxygen atoms in total. The lowest BCUT2D eigenvalue weighted by Gasteiger charge is -2.25. The van der Waals surface area contributed by atoms with Crippen LogP contribution in [-0.2, 0) is 0 Å². The molecule has 4 bridgehead atoms. The lowest BCUT2D eigenvalue weighted by molar-refractivity contribution is 0.273. The Bertz CT molecular complexity index is 417. The minimum absolute atomic E-state index is 0.601. The lowest BCUT2D eigenvalue weighted by Crippen LogP contribution is -2.18. The van der Waals surface area contributed by atoms with Crippen molar-refractivity contribution in [2.75, 3.05) is 0 Å². The number of allylic oxidation sites excluding steroid dienone is 4. The Kier molecular flexibility index (Phi) is 3.19. The second-order valence-electron chi connectivity index (χ2n) is 8.04. The number of hydrogen-bond acceptors (Lipinski definition) is 0. The molecule has 0 aliphatic heterocycles. The van der Waals surface area contributed by atoms with E-state index in [-0.39, 0.29) is 0 Å². The van der Waals surface area contributed by atoms with Crippen molar-refractivity contribution in [1.29, 1.82) is 0 Å². The second-order valence-corrected chi connectivity index (χ2v) is 8.04. The molecule has 0 spiro atoms. The van der Waals surface area contributed by atoms with Gasteiger partial charge in [0.05, 0.1) is 0 Å². The minimum Gasteiger partial charge on any atom is -0.0816 e. The molecule has 0 saturated heterocycles. The SMILES string of the molecule is CC1=C(C)[C@H]2CC[C@@H]1C2.CC1=CC2CCC1C2(C)C. The van der Waals surface area contributed by atoms with E-state index in [0.29, 0.717) is 5.41 Å². The first kappa shape index (κ1) is 13.5. The van der Waals surface area contributed by atoms with Crippen LogP contribution in [-0.4, -0.2) is 0 Å². The monoisotopic (exact) mass is 258 g/mol. The third-order valence-electron chi connectivity index (χ3n) is 6.91. The first-order valence-electron chi connectivity index (χ1n) is 8.26. The van der Waals surface area contributed by atoms with Gasteiger partial charge in [0, 0.05) is 0 Å². The molecule has 0 amide bonds. The van der Waals surface area contributed by atoms with Gasteiger partial charge in [0.2, 0.25) is 0 Å². The molecule has 19 heavy (non-hydrogen) atoms. The van der Waals surface area contributed by atoms with Crippen LogP contribution in [0.2, 0.25) is 0 Å². The summed E-state index contributed by atoms with van der Waals surface area (Å²) in [6.45, 7) is 11.8. The zero-order chi connectivity index (χ0) is 13.8. The van der Waals surface area contributed by atoms with Crippen LogP contribution in [0.3, 0.4) is 0 Å². The molecule has 0 aromatic carbocycles. The van der Waals surface area contributed by atoms with Crippen LogP contribution < -0.4 is 0 Å². The van der Waals surface area contributed by atoms with E-state index in [1.807, 2.05) is 0 Å². The maximum atomic E-state index is 2.49. The van der Waals surface area contributed by atoms with Crippen molar-refractivity contribution in [3.63, 3.8) is 0 Å². The molecule has 4 aliphatic rings. The molecule has 0 aromatic heterocycles. The fourth-order valence-corrected chi connectivity index (χ4v) is 5.31. The van der Waals surface area contributed by atoms with E-state index in [0.717, 1.165) is 23.7 Å². The van der Waals surface area contributed by atoms with Crippen molar-refractivity contribution in [3.8, 4) is 0 Å². The van der Waals surface area contributed by atoms with Gasteiger partial charge in [0.25, 0.3) is 0 Å². The molecular formula is C19H30. The highest BCUT2D eigenvalue weighted by Crippen LogP contribution is 2.56. The van der Waals surface area contributed by atoms with Gasteiger partial charge in [0.1, 0.15) is 0 Å². The van der Waals surface area contributed by atoms with Crippen molar-refractivity contribution in [1.82, 2.24) is 0 Å². The predicted molar refractivity (Wildman–Crippen MR) is 83.0 cm³/mol. The van der Waals surface area contributed by atoms with Crippen LogP contribution in [0.15, 0.2) is 22.8 Å². The predicted octanol–water partition coefficient (Wildman–Crippen LogP) is 5.75. The Morgan fingerprint density at radius 1 is 0.895 bits per heavy atom. The Balaban J connectivity index is 0.000000117. The molecule has 4 rings (SSSR count). The fourth-order valence-electron chi connectivity index (χ4n) is 5.31. The van der Waals surface area contributed by atoms with E-state index in [1.54, 1.807) is 16.7 Å². The molecule has 0 aromatic rings. The number of hydrogen-bond donors (Lipinski definition) is 0. The normalized spacial score (nSPS) is 41.4. The summed E-state index contributed by atoms with van der Waals surface area (Å²) in [5, 5.41) is 0. The van der Waals surface area contributed by atoms with E-state index in [2.05, 4.69) is 40.7 Å². The third-order valence-corrected chi connectivity index (χ3v) is 6.91. The van der Waals surface area contributed by atoms with Gasteiger partial charge in [-0.05, 0) is 82.0 Å². The molecule has 106 valence electrons. The van der Waals surface area contributed by atoms with Crippen LogP contribution in [0.5, 0.6) is 0 Å². The highest BCUT2D eigenvalue weighted by molar-refractivity contribution is 5.25. The topological polar surface area (TPSA) is 0 Å². The quantitative estimate of drug-likeness (QED) is 0.485. The lowest BCUT2D eigenvalue weighted by atomic mass is 9.80. The largest absolute Gasteiger partial charge is 0.0816 e. The average molecular weight is 258 g/mol. The van der Waals surface area contributed by atoms with Gasteiger partial charge >= 0.3 is 0 Å². The number of rotatable bonds is 0. The van der Waals surface area contributed by atoms with Gasteiger partial charge < -0.3 is 0 Å². The van der Waals surface area contributed by atoms with Crippen LogP contribution in [0.4, 0.5) is 0 Å². The van der Waals surface area contributed by atoms with Crippen molar-refractivity contribution in [2.24, 2.45) is 29.1 Å². The fraction of sp³-hybridized carbons (Fsp3) is 0.789. The smallest absolute Gasteiger partial charge is 0.0149 e. The first-order valence-corrected chi connectivity index (χ1v) is 8.26. The van der Waals surface area contributed by atoms with E-state index >= 15 is 0 Å². The number of fused-ring (bicyclic) bond motifs is 4. The van der Waals surface area contributed by atoms with Crippen LogP contribution >= 0.6 is 0 Å². The summed E-state index contributed by atoms with van der Waals surface area (Å²) in [5.41, 5.74) is 5.68. The van der Waals surface area contributed by atoms with E-state index in [1.165, 1.54) is 32.1 Å². The molecule has 0 N–H and O–H groups in total. The molecule has 0 heterocycles. The maximum Gasteiger partial charge on any atom is -0.0149 e. The van der Waals surface area contributed by atoms with E-state index in [9.17, 15) is 0 Å². The summed E-state index contributed by atoms with van der Waals surface area (Å²) < 4.78 is 0. The van der Waals surface area contributed by atoms with Crippen molar-refractivity contribution < 1.29 is 0 Å². The molecule has 2 saturated carbocycles. The maximum absolute atomic E-state index is 2.49. The van der Waals surface area contributed by atoms with Crippen molar-refractivity contribution in [3.05, 3.63) is 22.8 Å². The molecule has 4 aliphatic carbocycles. The molecular weight excluding hydrogens is 228 g/mol. The highest BCUT2D eigenvalue weighted by atomic mass is 14.5. The molecule has 4 atom stereocenters. The zero-order valence-electron chi connectivity index (χ0n) is 13.4. The molecule has 0 radical (unpaired) electrons. The Labute approximate surface area is 119 Å². The highest BCUT2D eigenvalue weighted by Gasteiger charge is 2.46. The van der Waals surface area contributed by atoms with Gasteiger partial charge in [-0.1, -0.05) is 36.6 Å². The average Bonchev–Trinajstić information content (AvgIpc) is 3.05. The van der Waals surface area contributed by atoms with Gasteiger partial charge in [-0.2, -0.15) is 0 Å². The first-order chi connectivity index (χ1) is 8.91. The van der Waals surface area contributed by atoms with Crippen LogP contribution in [0, 0.1) is 29.1 Å². The summed E-state index contributed by atoms with van der Waals surface area (Å²) >= 11 is 0. The third kappa shape index (κ3) is 2.03. The van der Waals surface area contributed by atoms with Gasteiger partial charge in [-0.15, -0.1) is 0 Å². The zero-order valence-corrected chi connectivity index (χ0v) is 13.4. The van der Waals surface area contributed by atoms with Crippen LogP contribution in [0.1, 0.15) is 66.7 Å². The summed E-state index contributed by atoms with van der Waals surface area (Å²) in [5.74, 6) is 3.81. The van der Waals surface area contributed by atoms with Gasteiger partial charge in [-0.25, -0.2) is 0 Å². The summed E-state index contributed by atoms with van der Waals surface area (Å²) in [6.07, 6.45) is 9.82. The van der Waals surface area contributed by atoms with Gasteiger partial charge in [-0.3, -0.25) is 0 Å². The van der Waals surface area contributed by atoms with Crippen molar-refractivity contribution in [2.45, 2.75) is 66.7 Å². The van der Waals surface area contributed by atoms with Crippen LogP contribution in [0.25, 0.3) is 0 Å². The minimum atomic E-state index is 0.601. The van der Waals surface area contributed by atoms with E-state index < -0.39 is 0 Å². The van der Waals surface area contributed by atoms with Crippen molar-refractivity contribution >= 4 is 0 Å². The molecule has 2 fully saturated rings. The molecule has 0 heteroatoms. The standard InChI is InChI=1S/C10H16.C9H14/c1-7-6-8-4-5-9(7)10(8,2)3;1-6-7(2)9-4-3-8(6)5-9/h6,8-9H,4-5H2,1-3H3;8-9H,3-5H2,1-2H3/t;8-,9+. The Morgan fingerprint density at radius 2 is 1.47 bits per heavy atom. The summed E-state index contributed by atoms with van der Waals surface area (Å²) in [6, 6.07) is 0. The Hall–Kier alpha value is -0.520. The summed E-state index contributed by atoms with van der Waals surface area (Å²) in [4.78, 5) is 0.